The van der Waals surface area contributed by atoms with Gasteiger partial charge in [0.15, 0.2) is 0 Å². The van der Waals surface area contributed by atoms with Gasteiger partial charge in [-0.25, -0.2) is 4.79 Å². The number of nitro groups is 1. The molecule has 1 rings (SSSR count). The van der Waals surface area contributed by atoms with Gasteiger partial charge < -0.3 is 5.32 Å². The number of aromatic amines is 1. The molecule has 0 unspecified atom stereocenters. The number of hydrogen-bond acceptors (Lipinski definition) is 5. The molecule has 8 heteroatoms. The van der Waals surface area contributed by atoms with E-state index in [2.05, 4.69) is 11.9 Å². The van der Waals surface area contributed by atoms with Crippen LogP contribution in [0.3, 0.4) is 0 Å². The Bertz CT molecular complexity index is 636. The molecule has 0 radical (unpaired) electrons. The van der Waals surface area contributed by atoms with Crippen LogP contribution in [0.15, 0.2) is 27.9 Å². The minimum absolute atomic E-state index is 0.0968. The summed E-state index contributed by atoms with van der Waals surface area (Å²) in [4.78, 5) is 34.6. The second-order valence-corrected chi connectivity index (χ2v) is 5.51. The molecule has 0 bridgehead atoms. The minimum Gasteiger partial charge on any atom is -0.308 e. The van der Waals surface area contributed by atoms with Crippen LogP contribution in [0.1, 0.15) is 20.8 Å². The molecule has 0 aliphatic carbocycles. The van der Waals surface area contributed by atoms with Crippen molar-refractivity contribution in [3.8, 4) is 0 Å². The number of aromatic nitrogens is 2. The average Bonchev–Trinajstić information content (AvgIpc) is 2.28. The van der Waals surface area contributed by atoms with E-state index in [-0.39, 0.29) is 12.1 Å². The zero-order valence-electron chi connectivity index (χ0n) is 11.7. The Morgan fingerprint density at radius 1 is 1.50 bits per heavy atom. The van der Waals surface area contributed by atoms with Gasteiger partial charge >= 0.3 is 16.9 Å². The Hall–Kier alpha value is -2.22. The van der Waals surface area contributed by atoms with Crippen LogP contribution in [0.4, 0.5) is 5.69 Å². The summed E-state index contributed by atoms with van der Waals surface area (Å²) in [6.45, 7) is 10.3. The Morgan fingerprint density at radius 3 is 2.60 bits per heavy atom. The number of nitrogens with one attached hydrogen (secondary N) is 2. The van der Waals surface area contributed by atoms with Crippen LogP contribution >= 0.6 is 0 Å². The first-order valence-electron chi connectivity index (χ1n) is 6.00. The van der Waals surface area contributed by atoms with Crippen molar-refractivity contribution in [3.63, 3.8) is 0 Å². The average molecular weight is 282 g/mol. The van der Waals surface area contributed by atoms with Crippen molar-refractivity contribution < 1.29 is 4.92 Å². The molecule has 0 aliphatic heterocycles. The van der Waals surface area contributed by atoms with E-state index in [1.54, 1.807) is 0 Å². The molecule has 0 spiro atoms. The second-order valence-electron chi connectivity index (χ2n) is 5.51. The number of hydrogen-bond donors (Lipinski definition) is 2. The van der Waals surface area contributed by atoms with Gasteiger partial charge in [0.05, 0.1) is 11.1 Å². The summed E-state index contributed by atoms with van der Waals surface area (Å²) in [5.74, 6) is 0. The lowest BCUT2D eigenvalue weighted by molar-refractivity contribution is -0.386. The van der Waals surface area contributed by atoms with Crippen LogP contribution in [0, 0.1) is 10.1 Å². The lowest BCUT2D eigenvalue weighted by Gasteiger charge is -2.21. The Morgan fingerprint density at radius 2 is 2.10 bits per heavy atom. The molecule has 0 fully saturated rings. The van der Waals surface area contributed by atoms with Crippen molar-refractivity contribution >= 4 is 5.69 Å². The maximum Gasteiger partial charge on any atom is 0.350 e. The number of rotatable bonds is 5. The number of nitrogens with zero attached hydrogens (tertiary/aromatic N) is 2. The Kier molecular flexibility index (Phi) is 4.61. The van der Waals surface area contributed by atoms with Gasteiger partial charge in [0, 0.05) is 18.6 Å². The molecular formula is C12H18N4O4. The highest BCUT2D eigenvalue weighted by atomic mass is 16.6. The van der Waals surface area contributed by atoms with Gasteiger partial charge in [-0.1, -0.05) is 6.58 Å². The molecule has 0 atom stereocenters. The summed E-state index contributed by atoms with van der Waals surface area (Å²) in [5, 5.41) is 13.9. The zero-order chi connectivity index (χ0) is 15.5. The zero-order valence-corrected chi connectivity index (χ0v) is 11.7. The van der Waals surface area contributed by atoms with Gasteiger partial charge in [-0.3, -0.25) is 24.5 Å². The van der Waals surface area contributed by atoms with E-state index in [0.717, 1.165) is 10.8 Å². The molecule has 0 saturated heterocycles. The maximum absolute atomic E-state index is 11.6. The third-order valence-corrected chi connectivity index (χ3v) is 2.45. The maximum atomic E-state index is 11.6. The summed E-state index contributed by atoms with van der Waals surface area (Å²) in [7, 11) is 0. The van der Waals surface area contributed by atoms with E-state index in [0.29, 0.717) is 12.1 Å². The lowest BCUT2D eigenvalue weighted by Crippen LogP contribution is -2.38. The van der Waals surface area contributed by atoms with Crippen LogP contribution in [-0.2, 0) is 6.54 Å². The highest BCUT2D eigenvalue weighted by Crippen LogP contribution is 2.03. The summed E-state index contributed by atoms with van der Waals surface area (Å²) in [6.07, 6.45) is 0.934. The summed E-state index contributed by atoms with van der Waals surface area (Å²) in [5.41, 5.74) is -1.80. The van der Waals surface area contributed by atoms with Gasteiger partial charge in [-0.05, 0) is 26.3 Å². The van der Waals surface area contributed by atoms with Crippen molar-refractivity contribution in [1.29, 1.82) is 0 Å². The van der Waals surface area contributed by atoms with E-state index in [1.807, 2.05) is 25.8 Å². The highest BCUT2D eigenvalue weighted by molar-refractivity contribution is 5.21. The molecule has 1 heterocycles. The molecular weight excluding hydrogens is 264 g/mol. The van der Waals surface area contributed by atoms with Gasteiger partial charge in [0.1, 0.15) is 0 Å². The van der Waals surface area contributed by atoms with Gasteiger partial charge in [0.25, 0.3) is 0 Å². The fraction of sp³-hybridized carbons (Fsp3) is 0.500. The molecule has 20 heavy (non-hydrogen) atoms. The quantitative estimate of drug-likeness (QED) is 0.461. The molecule has 0 aromatic carbocycles. The first-order chi connectivity index (χ1) is 9.10. The molecule has 0 saturated carbocycles. The largest absolute Gasteiger partial charge is 0.350 e. The van der Waals surface area contributed by atoms with Gasteiger partial charge in [-0.15, -0.1) is 0 Å². The van der Waals surface area contributed by atoms with Gasteiger partial charge in [0.2, 0.25) is 0 Å². The Balaban J connectivity index is 2.90. The van der Waals surface area contributed by atoms with E-state index in [1.165, 1.54) is 0 Å². The van der Waals surface area contributed by atoms with Gasteiger partial charge in [-0.2, -0.15) is 0 Å². The third kappa shape index (κ3) is 4.47. The van der Waals surface area contributed by atoms with E-state index >= 15 is 0 Å². The van der Waals surface area contributed by atoms with Crippen molar-refractivity contribution in [2.75, 3.05) is 6.54 Å². The fourth-order valence-electron chi connectivity index (χ4n) is 1.43. The highest BCUT2D eigenvalue weighted by Gasteiger charge is 2.15. The Labute approximate surface area is 115 Å². The normalized spacial score (nSPS) is 11.3. The number of H-pyrrole nitrogens is 1. The molecule has 2 N–H and O–H groups in total. The summed E-state index contributed by atoms with van der Waals surface area (Å²) in [6, 6.07) is 0. The lowest BCUT2D eigenvalue weighted by atomic mass is 10.1. The smallest absolute Gasteiger partial charge is 0.308 e. The summed E-state index contributed by atoms with van der Waals surface area (Å²) >= 11 is 0. The SMILES string of the molecule is C=C(CNC(C)(C)C)Cn1cc([N+](=O)[O-])c(=O)[nH]c1=O. The van der Waals surface area contributed by atoms with Crippen molar-refractivity contribution in [1.82, 2.24) is 14.9 Å². The molecule has 0 amide bonds. The van der Waals surface area contributed by atoms with Crippen molar-refractivity contribution in [2.45, 2.75) is 32.9 Å². The van der Waals surface area contributed by atoms with Crippen LogP contribution in [0.5, 0.6) is 0 Å². The second kappa shape index (κ2) is 5.83. The van der Waals surface area contributed by atoms with Crippen LogP contribution < -0.4 is 16.6 Å². The molecule has 110 valence electrons. The van der Waals surface area contributed by atoms with Crippen LogP contribution in [-0.4, -0.2) is 26.6 Å². The third-order valence-electron chi connectivity index (χ3n) is 2.45. The topological polar surface area (TPSA) is 110 Å². The molecule has 1 aromatic heterocycles. The predicted octanol–water partition coefficient (Wildman–Crippen LogP) is 0.389. The first kappa shape index (κ1) is 15.8. The standard InChI is InChI=1S/C12H18N4O4/c1-8(5-13-12(2,3)4)6-15-7-9(16(19)20)10(17)14-11(15)18/h7,13H,1,5-6H2,2-4H3,(H,14,17,18). The molecule has 1 aromatic rings. The van der Waals surface area contributed by atoms with E-state index in [9.17, 15) is 19.7 Å². The fourth-order valence-corrected chi connectivity index (χ4v) is 1.43. The molecule has 8 nitrogen and oxygen atoms in total. The minimum atomic E-state index is -1.00. The molecule has 0 aliphatic rings. The van der Waals surface area contributed by atoms with E-state index < -0.39 is 21.9 Å². The predicted molar refractivity (Wildman–Crippen MR) is 74.9 cm³/mol. The summed E-state index contributed by atoms with van der Waals surface area (Å²) < 4.78 is 1.06. The van der Waals surface area contributed by atoms with Crippen LogP contribution in [0.25, 0.3) is 0 Å². The first-order valence-corrected chi connectivity index (χ1v) is 6.00. The van der Waals surface area contributed by atoms with Crippen molar-refractivity contribution in [2.24, 2.45) is 0 Å². The van der Waals surface area contributed by atoms with Crippen molar-refractivity contribution in [3.05, 3.63) is 49.3 Å². The van der Waals surface area contributed by atoms with Crippen LogP contribution in [0.2, 0.25) is 0 Å². The van der Waals surface area contributed by atoms with E-state index in [4.69, 9.17) is 0 Å². The monoisotopic (exact) mass is 282 g/mol.